The van der Waals surface area contributed by atoms with E-state index in [1.807, 2.05) is 0 Å². The zero-order valence-corrected chi connectivity index (χ0v) is 15.8. The Morgan fingerprint density at radius 1 is 1.21 bits per heavy atom. The molecule has 0 spiro atoms. The van der Waals surface area contributed by atoms with Gasteiger partial charge in [-0.05, 0) is 24.1 Å². The van der Waals surface area contributed by atoms with Crippen LogP contribution in [-0.2, 0) is 17.9 Å². The van der Waals surface area contributed by atoms with Crippen LogP contribution in [0.4, 0.5) is 13.2 Å². The van der Waals surface area contributed by atoms with Crippen LogP contribution < -0.4 is 5.56 Å². The number of alkyl halides is 3. The highest BCUT2D eigenvalue weighted by molar-refractivity contribution is 5.95. The first-order chi connectivity index (χ1) is 13.7. The fraction of sp³-hybridized carbons (Fsp3) is 0.190. The van der Waals surface area contributed by atoms with E-state index in [4.69, 9.17) is 0 Å². The number of hydrogen-bond acceptors (Lipinski definition) is 4. The number of carbonyl (C=O) groups is 1. The highest BCUT2D eigenvalue weighted by Crippen LogP contribution is 2.33. The number of rotatable bonds is 8. The summed E-state index contributed by atoms with van der Waals surface area (Å²) in [5.74, 6) is -0.859. The van der Waals surface area contributed by atoms with Crippen molar-refractivity contribution in [3.05, 3.63) is 88.0 Å². The number of pyridine rings is 1. The molecule has 2 rings (SSSR count). The quantitative estimate of drug-likeness (QED) is 0.380. The molecular weight excluding hydrogens is 383 g/mol. The summed E-state index contributed by atoms with van der Waals surface area (Å²) in [6, 6.07) is 11.1. The predicted octanol–water partition coefficient (Wildman–Crippen LogP) is 4.01. The molecule has 0 N–H and O–H groups in total. The van der Waals surface area contributed by atoms with Crippen LogP contribution in [0.1, 0.15) is 18.1 Å². The average Bonchev–Trinajstić information content (AvgIpc) is 2.68. The molecule has 1 aromatic carbocycles. The fourth-order valence-electron chi connectivity index (χ4n) is 2.71. The van der Waals surface area contributed by atoms with Crippen LogP contribution in [0.2, 0.25) is 0 Å². The standard InChI is InChI=1S/C21H20F3N3O2/c1-4-16-10-11-19(29)26(12-16)14-18(28)15(2)20(21(22,23)24)27(25-3)13-17-8-6-5-7-9-17/h4-12H,1,3,13-14H2,2H3/b20-15+. The fourth-order valence-corrected chi connectivity index (χ4v) is 2.71. The van der Waals surface area contributed by atoms with E-state index in [0.29, 0.717) is 16.1 Å². The monoisotopic (exact) mass is 403 g/mol. The minimum absolute atomic E-state index is 0.213. The number of hydrazone groups is 1. The Bertz CT molecular complexity index is 992. The zero-order chi connectivity index (χ0) is 21.6. The molecule has 0 unspecified atom stereocenters. The first-order valence-corrected chi connectivity index (χ1v) is 8.59. The molecule has 29 heavy (non-hydrogen) atoms. The molecule has 0 aliphatic carbocycles. The summed E-state index contributed by atoms with van der Waals surface area (Å²) in [6.07, 6.45) is -2.02. The van der Waals surface area contributed by atoms with E-state index < -0.39 is 35.3 Å². The van der Waals surface area contributed by atoms with Crippen LogP contribution in [0.15, 0.2) is 76.4 Å². The Kier molecular flexibility index (Phi) is 6.93. The number of benzene rings is 1. The third-order valence-electron chi connectivity index (χ3n) is 4.20. The van der Waals surface area contributed by atoms with Gasteiger partial charge in [-0.1, -0.05) is 43.0 Å². The first kappa shape index (κ1) is 21.9. The normalized spacial score (nSPS) is 12.1. The highest BCUT2D eigenvalue weighted by Gasteiger charge is 2.41. The average molecular weight is 403 g/mol. The molecule has 0 fully saturated rings. The number of Topliss-reactive ketones (excluding diaryl/α,β-unsaturated/α-hetero) is 1. The van der Waals surface area contributed by atoms with Crippen molar-refractivity contribution < 1.29 is 18.0 Å². The highest BCUT2D eigenvalue weighted by atomic mass is 19.4. The Morgan fingerprint density at radius 3 is 2.41 bits per heavy atom. The van der Waals surface area contributed by atoms with Gasteiger partial charge in [0, 0.05) is 24.6 Å². The minimum atomic E-state index is -4.84. The van der Waals surface area contributed by atoms with Crippen molar-refractivity contribution >= 4 is 18.6 Å². The van der Waals surface area contributed by atoms with Gasteiger partial charge in [-0.25, -0.2) is 0 Å². The van der Waals surface area contributed by atoms with Crippen LogP contribution >= 0.6 is 0 Å². The van der Waals surface area contributed by atoms with Gasteiger partial charge in [0.15, 0.2) is 5.78 Å². The van der Waals surface area contributed by atoms with E-state index in [0.717, 1.165) is 11.5 Å². The van der Waals surface area contributed by atoms with Gasteiger partial charge in [-0.3, -0.25) is 14.6 Å². The number of hydrogen-bond donors (Lipinski definition) is 0. The second-order valence-corrected chi connectivity index (χ2v) is 6.21. The molecule has 0 aliphatic heterocycles. The van der Waals surface area contributed by atoms with E-state index in [1.165, 1.54) is 24.4 Å². The second kappa shape index (κ2) is 9.18. The molecule has 0 saturated carbocycles. The summed E-state index contributed by atoms with van der Waals surface area (Å²) < 4.78 is 42.4. The van der Waals surface area contributed by atoms with Crippen molar-refractivity contribution in [2.45, 2.75) is 26.2 Å². The van der Waals surface area contributed by atoms with Crippen LogP contribution in [0.5, 0.6) is 0 Å². The molecule has 1 aromatic heterocycles. The van der Waals surface area contributed by atoms with Gasteiger partial charge in [-0.2, -0.15) is 18.3 Å². The lowest BCUT2D eigenvalue weighted by molar-refractivity contribution is -0.122. The Morgan fingerprint density at radius 2 is 1.86 bits per heavy atom. The molecule has 8 heteroatoms. The molecule has 2 aromatic rings. The maximum Gasteiger partial charge on any atom is 0.433 e. The summed E-state index contributed by atoms with van der Waals surface area (Å²) in [6.45, 7) is 7.10. The molecule has 152 valence electrons. The molecule has 0 amide bonds. The van der Waals surface area contributed by atoms with E-state index in [9.17, 15) is 22.8 Å². The van der Waals surface area contributed by atoms with Crippen LogP contribution in [0, 0.1) is 0 Å². The molecule has 0 saturated heterocycles. The number of carbonyl (C=O) groups excluding carboxylic acids is 1. The zero-order valence-electron chi connectivity index (χ0n) is 15.8. The van der Waals surface area contributed by atoms with E-state index in [1.54, 1.807) is 30.3 Å². The van der Waals surface area contributed by atoms with Gasteiger partial charge < -0.3 is 4.57 Å². The van der Waals surface area contributed by atoms with Gasteiger partial charge in [-0.15, -0.1) is 0 Å². The van der Waals surface area contributed by atoms with E-state index >= 15 is 0 Å². The smallest absolute Gasteiger partial charge is 0.307 e. The molecular formula is C21H20F3N3O2. The van der Waals surface area contributed by atoms with Gasteiger partial charge >= 0.3 is 6.18 Å². The Balaban J connectivity index is 2.43. The molecule has 1 heterocycles. The van der Waals surface area contributed by atoms with Crippen molar-refractivity contribution in [3.63, 3.8) is 0 Å². The number of ketones is 1. The Labute approximate surface area is 166 Å². The summed E-state index contributed by atoms with van der Waals surface area (Å²) in [5.41, 5.74) is -1.15. The maximum atomic E-state index is 13.8. The van der Waals surface area contributed by atoms with Gasteiger partial charge in [0.05, 0.1) is 13.1 Å². The predicted molar refractivity (Wildman–Crippen MR) is 106 cm³/mol. The first-order valence-electron chi connectivity index (χ1n) is 8.59. The van der Waals surface area contributed by atoms with Crippen molar-refractivity contribution in [2.24, 2.45) is 5.10 Å². The topological polar surface area (TPSA) is 54.7 Å². The van der Waals surface area contributed by atoms with Crippen molar-refractivity contribution in [2.75, 3.05) is 0 Å². The van der Waals surface area contributed by atoms with Crippen LogP contribution in [0.3, 0.4) is 0 Å². The van der Waals surface area contributed by atoms with Crippen molar-refractivity contribution in [1.29, 1.82) is 0 Å². The number of aromatic nitrogens is 1. The van der Waals surface area contributed by atoms with Gasteiger partial charge in [0.1, 0.15) is 5.70 Å². The van der Waals surface area contributed by atoms with E-state index in [-0.39, 0.29) is 6.54 Å². The molecule has 0 atom stereocenters. The molecule has 0 radical (unpaired) electrons. The molecule has 0 bridgehead atoms. The largest absolute Gasteiger partial charge is 0.433 e. The lowest BCUT2D eigenvalue weighted by Gasteiger charge is -2.25. The Hall–Kier alpha value is -3.42. The third-order valence-corrected chi connectivity index (χ3v) is 4.20. The molecule has 0 aliphatic rings. The lowest BCUT2D eigenvalue weighted by Crippen LogP contribution is -2.32. The minimum Gasteiger partial charge on any atom is -0.307 e. The van der Waals surface area contributed by atoms with Gasteiger partial charge in [0.25, 0.3) is 5.56 Å². The summed E-state index contributed by atoms with van der Waals surface area (Å²) in [7, 11) is 0. The number of halogens is 3. The summed E-state index contributed by atoms with van der Waals surface area (Å²) in [5, 5.41) is 4.12. The van der Waals surface area contributed by atoms with Gasteiger partial charge in [0.2, 0.25) is 0 Å². The lowest BCUT2D eigenvalue weighted by atomic mass is 10.1. The molecule has 5 nitrogen and oxygen atoms in total. The third kappa shape index (κ3) is 5.54. The summed E-state index contributed by atoms with van der Waals surface area (Å²) >= 11 is 0. The number of allylic oxidation sites excluding steroid dienone is 2. The number of nitrogens with zero attached hydrogens (tertiary/aromatic N) is 3. The van der Waals surface area contributed by atoms with Crippen molar-refractivity contribution in [1.82, 2.24) is 9.58 Å². The van der Waals surface area contributed by atoms with Crippen molar-refractivity contribution in [3.8, 4) is 0 Å². The van der Waals surface area contributed by atoms with Crippen LogP contribution in [0.25, 0.3) is 6.08 Å². The summed E-state index contributed by atoms with van der Waals surface area (Å²) in [4.78, 5) is 24.5. The SMILES string of the molecule is C=Cc1ccc(=O)n(CC(=O)/C(C)=C(/N(Cc2ccccc2)N=C)C(F)(F)F)c1. The second-order valence-electron chi connectivity index (χ2n) is 6.21. The van der Waals surface area contributed by atoms with E-state index in [2.05, 4.69) is 18.4 Å². The maximum absolute atomic E-state index is 13.8. The van der Waals surface area contributed by atoms with Crippen LogP contribution in [-0.4, -0.2) is 28.3 Å².